The second-order valence-corrected chi connectivity index (χ2v) is 2.70. The highest BCUT2D eigenvalue weighted by Gasteiger charge is 2.05. The number of anilines is 1. The molecule has 0 fully saturated rings. The Morgan fingerprint density at radius 1 is 1.45 bits per heavy atom. The van der Waals surface area contributed by atoms with Crippen molar-refractivity contribution in [1.82, 2.24) is 0 Å². The van der Waals surface area contributed by atoms with Gasteiger partial charge in [-0.2, -0.15) is 0 Å². The Hall–Kier alpha value is -0.830. The Balaban J connectivity index is 3.03. The predicted molar refractivity (Wildman–Crippen MR) is 49.0 cm³/mol. The van der Waals surface area contributed by atoms with E-state index in [9.17, 15) is 4.79 Å². The molecular formula is C8H8BrNO. The first-order chi connectivity index (χ1) is 5.25. The van der Waals surface area contributed by atoms with Crippen LogP contribution in [0.25, 0.3) is 0 Å². The third-order valence-corrected chi connectivity index (χ3v) is 1.89. The topological polar surface area (TPSA) is 43.1 Å². The highest BCUT2D eigenvalue weighted by atomic mass is 79.9. The molecule has 0 saturated heterocycles. The van der Waals surface area contributed by atoms with Gasteiger partial charge in [0.05, 0.1) is 5.33 Å². The lowest BCUT2D eigenvalue weighted by Gasteiger charge is -1.99. The van der Waals surface area contributed by atoms with Gasteiger partial charge in [0.2, 0.25) is 0 Å². The van der Waals surface area contributed by atoms with E-state index in [1.807, 2.05) is 0 Å². The van der Waals surface area contributed by atoms with Gasteiger partial charge in [-0.3, -0.25) is 4.79 Å². The summed E-state index contributed by atoms with van der Waals surface area (Å²) >= 11 is 3.08. The molecule has 0 bridgehead atoms. The maximum absolute atomic E-state index is 11.1. The van der Waals surface area contributed by atoms with E-state index in [1.54, 1.807) is 24.3 Å². The molecule has 0 unspecified atom stereocenters. The summed E-state index contributed by atoms with van der Waals surface area (Å²) in [4.78, 5) is 11.1. The van der Waals surface area contributed by atoms with Crippen molar-refractivity contribution in [2.75, 3.05) is 11.1 Å². The number of carbonyl (C=O) groups excluding carboxylic acids is 1. The second kappa shape index (κ2) is 3.53. The molecule has 1 aromatic carbocycles. The van der Waals surface area contributed by atoms with Crippen LogP contribution in [0.3, 0.4) is 0 Å². The minimum atomic E-state index is 0.0168. The number of Topliss-reactive ketones (excluding diaryl/α,β-unsaturated/α-hetero) is 1. The van der Waals surface area contributed by atoms with Crippen molar-refractivity contribution in [2.45, 2.75) is 0 Å². The molecule has 0 aromatic heterocycles. The summed E-state index contributed by atoms with van der Waals surface area (Å²) < 4.78 is 0. The number of nitrogens with two attached hydrogens (primary N) is 1. The van der Waals surface area contributed by atoms with E-state index in [0.29, 0.717) is 16.6 Å². The van der Waals surface area contributed by atoms with Crippen molar-refractivity contribution >= 4 is 27.4 Å². The van der Waals surface area contributed by atoms with Crippen LogP contribution in [0.4, 0.5) is 5.69 Å². The quantitative estimate of drug-likeness (QED) is 0.463. The van der Waals surface area contributed by atoms with Gasteiger partial charge in [0.25, 0.3) is 0 Å². The number of hydrogen-bond acceptors (Lipinski definition) is 2. The number of carbonyl (C=O) groups is 1. The lowest BCUT2D eigenvalue weighted by Crippen LogP contribution is -2.03. The lowest BCUT2D eigenvalue weighted by atomic mass is 10.1. The SMILES string of the molecule is Nc1ccccc1C(=O)CBr. The molecule has 2 nitrogen and oxygen atoms in total. The summed E-state index contributed by atoms with van der Waals surface area (Å²) in [6.45, 7) is 0. The molecule has 2 N–H and O–H groups in total. The average molecular weight is 214 g/mol. The van der Waals surface area contributed by atoms with Gasteiger partial charge in [-0.15, -0.1) is 0 Å². The Kier molecular flexibility index (Phi) is 2.65. The number of alkyl halides is 1. The van der Waals surface area contributed by atoms with Crippen LogP contribution in [-0.2, 0) is 0 Å². The summed E-state index contributed by atoms with van der Waals surface area (Å²) in [5.41, 5.74) is 6.68. The minimum Gasteiger partial charge on any atom is -0.398 e. The summed E-state index contributed by atoms with van der Waals surface area (Å²) in [6.07, 6.45) is 0. The van der Waals surface area contributed by atoms with Crippen LogP contribution < -0.4 is 5.73 Å². The number of benzene rings is 1. The van der Waals surface area contributed by atoms with Crippen LogP contribution in [-0.4, -0.2) is 11.1 Å². The largest absolute Gasteiger partial charge is 0.398 e. The molecule has 58 valence electrons. The molecule has 0 saturated carbocycles. The zero-order valence-electron chi connectivity index (χ0n) is 5.88. The van der Waals surface area contributed by atoms with Gasteiger partial charge in [-0.05, 0) is 12.1 Å². The summed E-state index contributed by atoms with van der Waals surface area (Å²) in [5.74, 6) is 0.0168. The Labute approximate surface area is 73.5 Å². The van der Waals surface area contributed by atoms with Crippen molar-refractivity contribution in [2.24, 2.45) is 0 Å². The number of para-hydroxylation sites is 1. The summed E-state index contributed by atoms with van der Waals surface area (Å²) in [7, 11) is 0. The number of ketones is 1. The van der Waals surface area contributed by atoms with Crippen LogP contribution in [0, 0.1) is 0 Å². The van der Waals surface area contributed by atoms with Gasteiger partial charge < -0.3 is 5.73 Å². The van der Waals surface area contributed by atoms with E-state index >= 15 is 0 Å². The van der Waals surface area contributed by atoms with Crippen molar-refractivity contribution in [1.29, 1.82) is 0 Å². The van der Waals surface area contributed by atoms with Gasteiger partial charge in [0.15, 0.2) is 5.78 Å². The Bertz CT molecular complexity index is 273. The van der Waals surface area contributed by atoms with Crippen LogP contribution in [0.1, 0.15) is 10.4 Å². The molecule has 0 radical (unpaired) electrons. The van der Waals surface area contributed by atoms with Crippen molar-refractivity contribution in [3.63, 3.8) is 0 Å². The van der Waals surface area contributed by atoms with Crippen LogP contribution in [0.15, 0.2) is 24.3 Å². The highest BCUT2D eigenvalue weighted by molar-refractivity contribution is 9.09. The smallest absolute Gasteiger partial charge is 0.175 e. The number of hydrogen-bond donors (Lipinski definition) is 1. The molecule has 1 aromatic rings. The van der Waals surface area contributed by atoms with Gasteiger partial charge in [-0.25, -0.2) is 0 Å². The highest BCUT2D eigenvalue weighted by Crippen LogP contribution is 2.11. The van der Waals surface area contributed by atoms with Gasteiger partial charge in [0.1, 0.15) is 0 Å². The second-order valence-electron chi connectivity index (χ2n) is 2.14. The number of rotatable bonds is 2. The van der Waals surface area contributed by atoms with Crippen LogP contribution >= 0.6 is 15.9 Å². The molecule has 3 heteroatoms. The third-order valence-electron chi connectivity index (χ3n) is 1.38. The minimum absolute atomic E-state index is 0.0168. The maximum Gasteiger partial charge on any atom is 0.175 e. The predicted octanol–water partition coefficient (Wildman–Crippen LogP) is 1.85. The lowest BCUT2D eigenvalue weighted by molar-refractivity contribution is 0.102. The first-order valence-electron chi connectivity index (χ1n) is 3.19. The van der Waals surface area contributed by atoms with E-state index in [-0.39, 0.29) is 5.78 Å². The van der Waals surface area contributed by atoms with Crippen LogP contribution in [0.2, 0.25) is 0 Å². The van der Waals surface area contributed by atoms with Gasteiger partial charge >= 0.3 is 0 Å². The van der Waals surface area contributed by atoms with E-state index in [1.165, 1.54) is 0 Å². The zero-order chi connectivity index (χ0) is 8.27. The molecular weight excluding hydrogens is 206 g/mol. The average Bonchev–Trinajstić information content (AvgIpc) is 2.04. The normalized spacial score (nSPS) is 9.55. The van der Waals surface area contributed by atoms with Gasteiger partial charge in [-0.1, -0.05) is 28.1 Å². The van der Waals surface area contributed by atoms with Crippen molar-refractivity contribution in [3.8, 4) is 0 Å². The molecule has 0 aliphatic heterocycles. The van der Waals surface area contributed by atoms with E-state index in [4.69, 9.17) is 5.73 Å². The van der Waals surface area contributed by atoms with E-state index in [0.717, 1.165) is 0 Å². The molecule has 0 spiro atoms. The monoisotopic (exact) mass is 213 g/mol. The Morgan fingerprint density at radius 2 is 2.09 bits per heavy atom. The molecule has 0 atom stereocenters. The molecule has 11 heavy (non-hydrogen) atoms. The molecule has 0 aliphatic rings. The maximum atomic E-state index is 11.1. The Morgan fingerprint density at radius 3 is 2.64 bits per heavy atom. The number of halogens is 1. The third kappa shape index (κ3) is 1.80. The van der Waals surface area contributed by atoms with E-state index < -0.39 is 0 Å². The van der Waals surface area contributed by atoms with Crippen molar-refractivity contribution in [3.05, 3.63) is 29.8 Å². The molecule has 0 aliphatic carbocycles. The van der Waals surface area contributed by atoms with Crippen molar-refractivity contribution < 1.29 is 4.79 Å². The fourth-order valence-electron chi connectivity index (χ4n) is 0.823. The first kappa shape index (κ1) is 8.27. The standard InChI is InChI=1S/C8H8BrNO/c9-5-8(11)6-3-1-2-4-7(6)10/h1-4H,5,10H2. The molecule has 1 rings (SSSR count). The first-order valence-corrected chi connectivity index (χ1v) is 4.31. The molecule has 0 amide bonds. The molecule has 0 heterocycles. The fraction of sp³-hybridized carbons (Fsp3) is 0.125. The van der Waals surface area contributed by atoms with Crippen LogP contribution in [0.5, 0.6) is 0 Å². The van der Waals surface area contributed by atoms with E-state index in [2.05, 4.69) is 15.9 Å². The summed E-state index contributed by atoms with van der Waals surface area (Å²) in [5, 5.41) is 0.321. The number of nitrogen functional groups attached to an aromatic ring is 1. The summed E-state index contributed by atoms with van der Waals surface area (Å²) in [6, 6.07) is 7.04. The van der Waals surface area contributed by atoms with Gasteiger partial charge in [0, 0.05) is 11.3 Å². The fourth-order valence-corrected chi connectivity index (χ4v) is 1.12. The zero-order valence-corrected chi connectivity index (χ0v) is 7.47.